The summed E-state index contributed by atoms with van der Waals surface area (Å²) in [6.45, 7) is 2.82. The summed E-state index contributed by atoms with van der Waals surface area (Å²) >= 11 is 0. The number of hydrogen-bond donors (Lipinski definition) is 2. The standard InChI is InChI=1S/C11H14N2O6S/c1-3-8(11(14)15)12-20(18,19)10-6-4-5-9(7(10)2)13(16)17/h4-6,8,12H,3H2,1-2H3,(H,14,15)/t8-/m0/s1. The van der Waals surface area contributed by atoms with Crippen molar-refractivity contribution < 1.29 is 23.2 Å². The van der Waals surface area contributed by atoms with Crippen LogP contribution in [0, 0.1) is 17.0 Å². The fourth-order valence-corrected chi connectivity index (χ4v) is 3.19. The van der Waals surface area contributed by atoms with Crippen LogP contribution in [0.5, 0.6) is 0 Å². The number of nitrogens with zero attached hydrogens (tertiary/aromatic N) is 1. The zero-order chi connectivity index (χ0) is 15.5. The monoisotopic (exact) mass is 302 g/mol. The Morgan fingerprint density at radius 1 is 1.50 bits per heavy atom. The number of hydrogen-bond acceptors (Lipinski definition) is 5. The molecular formula is C11H14N2O6S. The van der Waals surface area contributed by atoms with Gasteiger partial charge in [-0.15, -0.1) is 0 Å². The molecule has 0 aliphatic heterocycles. The maximum absolute atomic E-state index is 12.1. The fraction of sp³-hybridized carbons (Fsp3) is 0.364. The van der Waals surface area contributed by atoms with Crippen molar-refractivity contribution in [1.82, 2.24) is 4.72 Å². The molecule has 0 aromatic heterocycles. The number of carbonyl (C=O) groups is 1. The molecule has 0 aliphatic rings. The highest BCUT2D eigenvalue weighted by Gasteiger charge is 2.27. The van der Waals surface area contributed by atoms with Crippen LogP contribution < -0.4 is 4.72 Å². The van der Waals surface area contributed by atoms with E-state index in [1.165, 1.54) is 32.0 Å². The molecule has 0 spiro atoms. The highest BCUT2D eigenvalue weighted by molar-refractivity contribution is 7.89. The zero-order valence-corrected chi connectivity index (χ0v) is 11.7. The average Bonchev–Trinajstić information content (AvgIpc) is 2.35. The van der Waals surface area contributed by atoms with Crippen LogP contribution in [-0.4, -0.2) is 30.5 Å². The molecule has 1 aromatic rings. The van der Waals surface area contributed by atoms with Gasteiger partial charge >= 0.3 is 5.97 Å². The molecule has 1 rings (SSSR count). The Bertz CT molecular complexity index is 640. The topological polar surface area (TPSA) is 127 Å². The van der Waals surface area contributed by atoms with Crippen molar-refractivity contribution in [2.45, 2.75) is 31.2 Å². The predicted octanol–water partition coefficient (Wildman–Crippen LogP) is 1.04. The molecule has 0 bridgehead atoms. The molecule has 110 valence electrons. The first-order valence-electron chi connectivity index (χ1n) is 5.69. The predicted molar refractivity (Wildman–Crippen MR) is 69.9 cm³/mol. The lowest BCUT2D eigenvalue weighted by molar-refractivity contribution is -0.385. The van der Waals surface area contributed by atoms with Crippen LogP contribution in [0.3, 0.4) is 0 Å². The highest BCUT2D eigenvalue weighted by Crippen LogP contribution is 2.24. The van der Waals surface area contributed by atoms with Crippen molar-refractivity contribution in [3.05, 3.63) is 33.9 Å². The van der Waals surface area contributed by atoms with Gasteiger partial charge in [0.15, 0.2) is 0 Å². The quantitative estimate of drug-likeness (QED) is 0.597. The van der Waals surface area contributed by atoms with Crippen LogP contribution >= 0.6 is 0 Å². The van der Waals surface area contributed by atoms with Gasteiger partial charge in [-0.2, -0.15) is 4.72 Å². The Kier molecular flexibility index (Phi) is 4.79. The lowest BCUT2D eigenvalue weighted by Crippen LogP contribution is -2.40. The van der Waals surface area contributed by atoms with E-state index in [2.05, 4.69) is 0 Å². The second-order valence-electron chi connectivity index (χ2n) is 4.08. The molecule has 0 radical (unpaired) electrons. The molecule has 0 heterocycles. The van der Waals surface area contributed by atoms with Gasteiger partial charge < -0.3 is 5.11 Å². The van der Waals surface area contributed by atoms with Crippen molar-refractivity contribution in [3.8, 4) is 0 Å². The van der Waals surface area contributed by atoms with Crippen molar-refractivity contribution >= 4 is 21.7 Å². The summed E-state index contributed by atoms with van der Waals surface area (Å²) in [5, 5.41) is 19.6. The summed E-state index contributed by atoms with van der Waals surface area (Å²) in [7, 11) is -4.14. The minimum atomic E-state index is -4.14. The van der Waals surface area contributed by atoms with Crippen LogP contribution in [0.1, 0.15) is 18.9 Å². The Morgan fingerprint density at radius 2 is 2.10 bits per heavy atom. The van der Waals surface area contributed by atoms with Crippen molar-refractivity contribution in [2.75, 3.05) is 0 Å². The third kappa shape index (κ3) is 3.31. The average molecular weight is 302 g/mol. The van der Waals surface area contributed by atoms with E-state index in [0.29, 0.717) is 0 Å². The Morgan fingerprint density at radius 3 is 2.55 bits per heavy atom. The van der Waals surface area contributed by atoms with Gasteiger partial charge in [0.25, 0.3) is 5.69 Å². The molecule has 0 aliphatic carbocycles. The van der Waals surface area contributed by atoms with Gasteiger partial charge in [0.05, 0.1) is 9.82 Å². The Labute approximate surface area is 115 Å². The number of nitrogens with one attached hydrogen (secondary N) is 1. The van der Waals surface area contributed by atoms with Gasteiger partial charge in [-0.3, -0.25) is 14.9 Å². The highest BCUT2D eigenvalue weighted by atomic mass is 32.2. The smallest absolute Gasteiger partial charge is 0.321 e. The summed E-state index contributed by atoms with van der Waals surface area (Å²) in [6.07, 6.45) is 0.0581. The molecule has 2 N–H and O–H groups in total. The van der Waals surface area contributed by atoms with Crippen LogP contribution in [0.2, 0.25) is 0 Å². The van der Waals surface area contributed by atoms with Gasteiger partial charge in [0, 0.05) is 11.6 Å². The maximum Gasteiger partial charge on any atom is 0.321 e. The molecule has 1 aromatic carbocycles. The molecule has 20 heavy (non-hydrogen) atoms. The first kappa shape index (κ1) is 16.1. The number of aliphatic carboxylic acids is 1. The van der Waals surface area contributed by atoms with Gasteiger partial charge in [-0.05, 0) is 19.4 Å². The normalized spacial score (nSPS) is 12.9. The largest absolute Gasteiger partial charge is 0.480 e. The molecule has 9 heteroatoms. The molecule has 8 nitrogen and oxygen atoms in total. The number of sulfonamides is 1. The fourth-order valence-electron chi connectivity index (χ4n) is 1.65. The van der Waals surface area contributed by atoms with E-state index in [1.807, 2.05) is 4.72 Å². The van der Waals surface area contributed by atoms with Crippen LogP contribution in [0.25, 0.3) is 0 Å². The summed E-state index contributed by atoms with van der Waals surface area (Å²) in [6, 6.07) is 2.34. The second kappa shape index (κ2) is 5.97. The second-order valence-corrected chi connectivity index (χ2v) is 5.76. The van der Waals surface area contributed by atoms with E-state index in [0.717, 1.165) is 0 Å². The first-order chi connectivity index (χ1) is 9.20. The summed E-state index contributed by atoms with van der Waals surface area (Å²) in [5.41, 5.74) is -0.374. The molecule has 0 saturated carbocycles. The van der Waals surface area contributed by atoms with E-state index in [1.54, 1.807) is 0 Å². The summed E-state index contributed by atoms with van der Waals surface area (Å²) in [4.78, 5) is 20.7. The maximum atomic E-state index is 12.1. The zero-order valence-electron chi connectivity index (χ0n) is 10.9. The Balaban J connectivity index is 3.26. The molecule has 0 unspecified atom stereocenters. The van der Waals surface area contributed by atoms with Crippen LogP contribution in [0.4, 0.5) is 5.69 Å². The molecule has 0 saturated heterocycles. The first-order valence-corrected chi connectivity index (χ1v) is 7.18. The molecule has 0 fully saturated rings. The molecule has 1 atom stereocenters. The van der Waals surface area contributed by atoms with Crippen molar-refractivity contribution in [3.63, 3.8) is 0 Å². The lowest BCUT2D eigenvalue weighted by Gasteiger charge is -2.14. The summed E-state index contributed by atoms with van der Waals surface area (Å²) < 4.78 is 26.2. The van der Waals surface area contributed by atoms with Gasteiger partial charge in [0.1, 0.15) is 6.04 Å². The number of nitro groups is 1. The number of carboxylic acids is 1. The van der Waals surface area contributed by atoms with Crippen LogP contribution in [-0.2, 0) is 14.8 Å². The van der Waals surface area contributed by atoms with E-state index < -0.39 is 27.0 Å². The number of nitro benzene ring substituents is 1. The SMILES string of the molecule is CC[C@H](NS(=O)(=O)c1cccc([N+](=O)[O-])c1C)C(=O)O. The molecular weight excluding hydrogens is 288 g/mol. The minimum Gasteiger partial charge on any atom is -0.480 e. The molecule has 0 amide bonds. The third-order valence-corrected chi connectivity index (χ3v) is 4.36. The van der Waals surface area contributed by atoms with E-state index in [4.69, 9.17) is 5.11 Å². The Hall–Kier alpha value is -2.00. The van der Waals surface area contributed by atoms with Crippen molar-refractivity contribution in [2.24, 2.45) is 0 Å². The van der Waals surface area contributed by atoms with Crippen molar-refractivity contribution in [1.29, 1.82) is 0 Å². The van der Waals surface area contributed by atoms with E-state index in [9.17, 15) is 23.3 Å². The van der Waals surface area contributed by atoms with Crippen LogP contribution in [0.15, 0.2) is 23.1 Å². The van der Waals surface area contributed by atoms with Gasteiger partial charge in [-0.1, -0.05) is 13.0 Å². The number of carboxylic acid groups (broad SMARTS) is 1. The third-order valence-electron chi connectivity index (χ3n) is 2.75. The van der Waals surface area contributed by atoms with Gasteiger partial charge in [-0.25, -0.2) is 8.42 Å². The van der Waals surface area contributed by atoms with E-state index in [-0.39, 0.29) is 22.6 Å². The number of benzene rings is 1. The van der Waals surface area contributed by atoms with Gasteiger partial charge in [0.2, 0.25) is 10.0 Å². The van der Waals surface area contributed by atoms with E-state index >= 15 is 0 Å². The summed E-state index contributed by atoms with van der Waals surface area (Å²) in [5.74, 6) is -1.31. The minimum absolute atomic E-state index is 0.0368. The number of rotatable bonds is 6. The lowest BCUT2D eigenvalue weighted by atomic mass is 10.2.